The molecule has 4 rings (SSSR count). The maximum Gasteiger partial charge on any atom is 0.328 e. The number of hydrogen-bond donors (Lipinski definition) is 2. The third-order valence-electron chi connectivity index (χ3n) is 6.00. The topological polar surface area (TPSA) is 127 Å². The van der Waals surface area contributed by atoms with Gasteiger partial charge in [-0.05, 0) is 24.1 Å². The van der Waals surface area contributed by atoms with Crippen molar-refractivity contribution in [1.82, 2.24) is 20.0 Å². The maximum atomic E-state index is 12.9. The highest BCUT2D eigenvalue weighted by atomic mass is 16.4. The maximum absolute atomic E-state index is 12.9. The van der Waals surface area contributed by atoms with E-state index < -0.39 is 35.6 Å². The van der Waals surface area contributed by atoms with E-state index in [9.17, 15) is 24.0 Å². The first-order valence-electron chi connectivity index (χ1n) is 10.5. The fraction of sp³-hybridized carbons (Fsp3) is 0.409. The van der Waals surface area contributed by atoms with Crippen LogP contribution in [0.2, 0.25) is 0 Å². The van der Waals surface area contributed by atoms with E-state index in [2.05, 4.69) is 15.1 Å². The largest absolute Gasteiger partial charge is 0.478 e. The first-order valence-corrected chi connectivity index (χ1v) is 10.5. The monoisotopic (exact) mass is 440 g/mol. The van der Waals surface area contributed by atoms with Crippen molar-refractivity contribution in [2.45, 2.75) is 25.4 Å². The Balaban J connectivity index is 1.39. The predicted molar refractivity (Wildman–Crippen MR) is 112 cm³/mol. The van der Waals surface area contributed by atoms with Crippen molar-refractivity contribution >= 4 is 29.6 Å². The molecule has 0 aromatic heterocycles. The van der Waals surface area contributed by atoms with Crippen molar-refractivity contribution in [3.8, 4) is 0 Å². The summed E-state index contributed by atoms with van der Waals surface area (Å²) in [5.74, 6) is -2.98. The van der Waals surface area contributed by atoms with E-state index in [1.54, 1.807) is 18.2 Å². The van der Waals surface area contributed by atoms with Crippen LogP contribution in [0.15, 0.2) is 30.4 Å². The number of benzene rings is 1. The molecule has 0 saturated carbocycles. The predicted octanol–water partition coefficient (Wildman–Crippen LogP) is -0.154. The van der Waals surface area contributed by atoms with Crippen molar-refractivity contribution in [3.05, 3.63) is 47.0 Å². The van der Waals surface area contributed by atoms with Crippen LogP contribution in [-0.2, 0) is 20.9 Å². The molecular weight excluding hydrogens is 416 g/mol. The smallest absolute Gasteiger partial charge is 0.328 e. The molecule has 1 atom stereocenters. The Morgan fingerprint density at radius 1 is 1.03 bits per heavy atom. The van der Waals surface area contributed by atoms with E-state index in [1.807, 2.05) is 6.07 Å². The molecule has 2 fully saturated rings. The molecule has 4 amide bonds. The molecule has 2 saturated heterocycles. The molecule has 168 valence electrons. The van der Waals surface area contributed by atoms with Crippen molar-refractivity contribution in [2.24, 2.45) is 0 Å². The second-order valence-corrected chi connectivity index (χ2v) is 8.14. The number of fused-ring (bicyclic) bond motifs is 1. The number of nitrogens with one attached hydrogen (secondary N) is 1. The SMILES string of the molecule is O=C(O)/C=C/CN1CCN(Cc2ccc3c(c2)C(=O)N(C2CCC(=O)NC2=O)C3=O)CC1. The summed E-state index contributed by atoms with van der Waals surface area (Å²) in [5, 5.41) is 10.9. The summed E-state index contributed by atoms with van der Waals surface area (Å²) in [6.45, 7) is 4.41. The molecule has 32 heavy (non-hydrogen) atoms. The minimum absolute atomic E-state index is 0.0904. The standard InChI is InChI=1S/C22H24N4O6/c27-18-6-5-17(20(30)23-18)26-21(31)15-4-3-14(12-16(15)22(26)32)13-25-10-8-24(9-11-25)7-1-2-19(28)29/h1-4,12,17H,5-11,13H2,(H,28,29)(H,23,27,30)/b2-1+. The lowest BCUT2D eigenvalue weighted by Gasteiger charge is -2.34. The first kappa shape index (κ1) is 21.8. The van der Waals surface area contributed by atoms with Gasteiger partial charge in [0.25, 0.3) is 11.8 Å². The average Bonchev–Trinajstić information content (AvgIpc) is 2.99. The van der Waals surface area contributed by atoms with Gasteiger partial charge in [-0.3, -0.25) is 39.2 Å². The number of aliphatic carboxylic acids is 1. The number of piperazine rings is 1. The second kappa shape index (κ2) is 9.01. The molecule has 3 aliphatic rings. The van der Waals surface area contributed by atoms with E-state index in [0.29, 0.717) is 13.1 Å². The molecular formula is C22H24N4O6. The van der Waals surface area contributed by atoms with Crippen LogP contribution in [0.3, 0.4) is 0 Å². The van der Waals surface area contributed by atoms with Crippen molar-refractivity contribution in [3.63, 3.8) is 0 Å². The molecule has 1 aromatic rings. The third-order valence-corrected chi connectivity index (χ3v) is 6.00. The van der Waals surface area contributed by atoms with Gasteiger partial charge in [0, 0.05) is 51.8 Å². The summed E-state index contributed by atoms with van der Waals surface area (Å²) in [4.78, 5) is 65.2. The van der Waals surface area contributed by atoms with E-state index in [4.69, 9.17) is 5.11 Å². The van der Waals surface area contributed by atoms with Crippen LogP contribution in [-0.4, -0.2) is 88.2 Å². The molecule has 1 unspecified atom stereocenters. The second-order valence-electron chi connectivity index (χ2n) is 8.14. The van der Waals surface area contributed by atoms with Crippen LogP contribution in [0.4, 0.5) is 0 Å². The van der Waals surface area contributed by atoms with Crippen LogP contribution in [0.25, 0.3) is 0 Å². The van der Waals surface area contributed by atoms with Crippen LogP contribution >= 0.6 is 0 Å². The Labute approximate surface area is 184 Å². The Morgan fingerprint density at radius 2 is 1.72 bits per heavy atom. The number of rotatable bonds is 6. The number of carbonyl (C=O) groups excluding carboxylic acids is 4. The van der Waals surface area contributed by atoms with Gasteiger partial charge in [-0.1, -0.05) is 12.1 Å². The molecule has 10 heteroatoms. The summed E-state index contributed by atoms with van der Waals surface area (Å²) < 4.78 is 0. The Morgan fingerprint density at radius 3 is 2.41 bits per heavy atom. The fourth-order valence-corrected chi connectivity index (χ4v) is 4.31. The number of carbonyl (C=O) groups is 5. The Bertz CT molecular complexity index is 1010. The molecule has 2 N–H and O–H groups in total. The number of piperidine rings is 1. The van der Waals surface area contributed by atoms with E-state index in [1.165, 1.54) is 0 Å². The molecule has 0 bridgehead atoms. The number of carboxylic acids is 1. The van der Waals surface area contributed by atoms with Gasteiger partial charge in [-0.25, -0.2) is 4.79 Å². The van der Waals surface area contributed by atoms with Gasteiger partial charge in [0.2, 0.25) is 11.8 Å². The van der Waals surface area contributed by atoms with Gasteiger partial charge in [-0.2, -0.15) is 0 Å². The minimum atomic E-state index is -0.966. The molecule has 0 spiro atoms. The van der Waals surface area contributed by atoms with Crippen LogP contribution < -0.4 is 5.32 Å². The number of amides is 4. The molecule has 3 heterocycles. The van der Waals surface area contributed by atoms with Crippen LogP contribution in [0.1, 0.15) is 39.1 Å². The quantitative estimate of drug-likeness (QED) is 0.462. The van der Waals surface area contributed by atoms with E-state index >= 15 is 0 Å². The summed E-state index contributed by atoms with van der Waals surface area (Å²) in [6.07, 6.45) is 3.00. The highest BCUT2D eigenvalue weighted by Crippen LogP contribution is 2.28. The lowest BCUT2D eigenvalue weighted by molar-refractivity contribution is -0.136. The molecule has 0 aliphatic carbocycles. The first-order chi connectivity index (χ1) is 15.3. The highest BCUT2D eigenvalue weighted by molar-refractivity contribution is 6.23. The number of carboxylic acid groups (broad SMARTS) is 1. The number of imide groups is 2. The highest BCUT2D eigenvalue weighted by Gasteiger charge is 2.44. The summed E-state index contributed by atoms with van der Waals surface area (Å²) in [5.41, 5.74) is 1.46. The Kier molecular flexibility index (Phi) is 6.15. The number of hydrogen-bond acceptors (Lipinski definition) is 7. The molecule has 0 radical (unpaired) electrons. The normalized spacial score (nSPS) is 22.5. The molecule has 1 aromatic carbocycles. The average molecular weight is 440 g/mol. The summed E-state index contributed by atoms with van der Waals surface area (Å²) in [6, 6.07) is 4.19. The zero-order valence-electron chi connectivity index (χ0n) is 17.5. The van der Waals surface area contributed by atoms with Crippen molar-refractivity contribution in [2.75, 3.05) is 32.7 Å². The number of nitrogens with zero attached hydrogens (tertiary/aromatic N) is 3. The van der Waals surface area contributed by atoms with Crippen LogP contribution in [0, 0.1) is 0 Å². The third kappa shape index (κ3) is 4.46. The van der Waals surface area contributed by atoms with Gasteiger partial charge in [-0.15, -0.1) is 0 Å². The zero-order chi connectivity index (χ0) is 22.8. The van der Waals surface area contributed by atoms with Gasteiger partial charge < -0.3 is 5.11 Å². The van der Waals surface area contributed by atoms with Gasteiger partial charge in [0.05, 0.1) is 11.1 Å². The van der Waals surface area contributed by atoms with Gasteiger partial charge >= 0.3 is 5.97 Å². The lowest BCUT2D eigenvalue weighted by atomic mass is 10.0. The van der Waals surface area contributed by atoms with E-state index in [-0.39, 0.29) is 24.0 Å². The molecule has 3 aliphatic heterocycles. The Hall–Kier alpha value is -3.37. The van der Waals surface area contributed by atoms with Gasteiger partial charge in [0.1, 0.15) is 6.04 Å². The van der Waals surface area contributed by atoms with Crippen LogP contribution in [0.5, 0.6) is 0 Å². The minimum Gasteiger partial charge on any atom is -0.478 e. The van der Waals surface area contributed by atoms with Crippen molar-refractivity contribution in [1.29, 1.82) is 0 Å². The summed E-state index contributed by atoms with van der Waals surface area (Å²) in [7, 11) is 0. The van der Waals surface area contributed by atoms with E-state index in [0.717, 1.165) is 42.7 Å². The summed E-state index contributed by atoms with van der Waals surface area (Å²) >= 11 is 0. The van der Waals surface area contributed by atoms with Gasteiger partial charge in [0.15, 0.2) is 0 Å². The molecule has 10 nitrogen and oxygen atoms in total. The van der Waals surface area contributed by atoms with Crippen molar-refractivity contribution < 1.29 is 29.1 Å². The zero-order valence-corrected chi connectivity index (χ0v) is 17.5. The lowest BCUT2D eigenvalue weighted by Crippen LogP contribution is -2.54. The fourth-order valence-electron chi connectivity index (χ4n) is 4.31.